The molecule has 98 valence electrons. The van der Waals surface area contributed by atoms with Crippen molar-refractivity contribution in [2.24, 2.45) is 0 Å². The fourth-order valence-corrected chi connectivity index (χ4v) is 2.90. The van der Waals surface area contributed by atoms with Crippen molar-refractivity contribution in [2.75, 3.05) is 6.54 Å². The number of benzene rings is 1. The summed E-state index contributed by atoms with van der Waals surface area (Å²) in [5, 5.41) is 0. The summed E-state index contributed by atoms with van der Waals surface area (Å²) in [4.78, 5) is 24.6. The summed E-state index contributed by atoms with van der Waals surface area (Å²) in [6, 6.07) is 8.40. The molecule has 1 aliphatic heterocycles. The first kappa shape index (κ1) is 12.2. The molecule has 3 nitrogen and oxygen atoms in total. The molecule has 1 aromatic rings. The Hall–Kier alpha value is -1.90. The second kappa shape index (κ2) is 5.00. The first-order valence-electron chi connectivity index (χ1n) is 6.86. The highest BCUT2D eigenvalue weighted by Crippen LogP contribution is 2.29. The van der Waals surface area contributed by atoms with E-state index < -0.39 is 0 Å². The molecule has 0 spiro atoms. The van der Waals surface area contributed by atoms with Gasteiger partial charge in [0.1, 0.15) is 0 Å². The Labute approximate surface area is 112 Å². The third-order valence-electron chi connectivity index (χ3n) is 3.93. The Morgan fingerprint density at radius 2 is 1.74 bits per heavy atom. The second-order valence-corrected chi connectivity index (χ2v) is 5.11. The summed E-state index contributed by atoms with van der Waals surface area (Å²) in [7, 11) is 0. The predicted octanol–water partition coefficient (Wildman–Crippen LogP) is 2.56. The van der Waals surface area contributed by atoms with E-state index in [1.807, 2.05) is 6.07 Å². The van der Waals surface area contributed by atoms with E-state index in [0.717, 1.165) is 19.3 Å². The maximum Gasteiger partial charge on any atom is 0.229 e. The van der Waals surface area contributed by atoms with Crippen molar-refractivity contribution in [1.82, 2.24) is 4.90 Å². The zero-order valence-corrected chi connectivity index (χ0v) is 10.9. The molecule has 1 heterocycles. The highest BCUT2D eigenvalue weighted by Gasteiger charge is 2.28. The monoisotopic (exact) mass is 255 g/mol. The average molecular weight is 255 g/mol. The number of hydrogen-bond acceptors (Lipinski definition) is 2. The lowest BCUT2D eigenvalue weighted by molar-refractivity contribution is -0.138. The van der Waals surface area contributed by atoms with Gasteiger partial charge in [-0.05, 0) is 36.0 Å². The van der Waals surface area contributed by atoms with Crippen LogP contribution in [0.1, 0.15) is 36.8 Å². The number of likely N-dealkylation sites (tertiary alicyclic amines) is 1. The third kappa shape index (κ3) is 2.33. The summed E-state index contributed by atoms with van der Waals surface area (Å²) in [5.74, 6) is -0.0376. The molecule has 2 aliphatic rings. The van der Waals surface area contributed by atoms with Crippen LogP contribution in [0.25, 0.3) is 5.57 Å². The highest BCUT2D eigenvalue weighted by molar-refractivity contribution is 6.02. The quantitative estimate of drug-likeness (QED) is 0.778. The molecule has 3 heteroatoms. The molecular formula is C16H17NO2. The van der Waals surface area contributed by atoms with E-state index in [0.29, 0.717) is 19.4 Å². The van der Waals surface area contributed by atoms with Crippen molar-refractivity contribution >= 4 is 17.4 Å². The summed E-state index contributed by atoms with van der Waals surface area (Å²) < 4.78 is 0. The van der Waals surface area contributed by atoms with Crippen LogP contribution in [-0.4, -0.2) is 23.3 Å². The van der Waals surface area contributed by atoms with Crippen LogP contribution in [0, 0.1) is 0 Å². The minimum atomic E-state index is -0.0188. The summed E-state index contributed by atoms with van der Waals surface area (Å²) in [6.07, 6.45) is 5.92. The lowest BCUT2D eigenvalue weighted by Gasteiger charge is -2.20. The Morgan fingerprint density at radius 3 is 2.53 bits per heavy atom. The summed E-state index contributed by atoms with van der Waals surface area (Å²) in [5.41, 5.74) is 3.93. The molecule has 0 saturated carbocycles. The summed E-state index contributed by atoms with van der Waals surface area (Å²) in [6.45, 7) is 0.526. The number of carbonyl (C=O) groups is 2. The van der Waals surface area contributed by atoms with Gasteiger partial charge in [-0.2, -0.15) is 0 Å². The molecule has 3 rings (SSSR count). The van der Waals surface area contributed by atoms with E-state index in [9.17, 15) is 9.59 Å². The van der Waals surface area contributed by atoms with Gasteiger partial charge in [-0.3, -0.25) is 14.5 Å². The van der Waals surface area contributed by atoms with E-state index in [-0.39, 0.29) is 11.8 Å². The number of rotatable bonds is 3. The van der Waals surface area contributed by atoms with Gasteiger partial charge in [-0.1, -0.05) is 30.3 Å². The number of allylic oxidation sites excluding steroid dienone is 1. The average Bonchev–Trinajstić information content (AvgIpc) is 2.76. The highest BCUT2D eigenvalue weighted by atomic mass is 16.2. The molecule has 0 unspecified atom stereocenters. The lowest BCUT2D eigenvalue weighted by atomic mass is 9.89. The van der Waals surface area contributed by atoms with Crippen LogP contribution >= 0.6 is 0 Å². The maximum atomic E-state index is 11.6. The minimum absolute atomic E-state index is 0.0188. The SMILES string of the molecule is O=C1CCC(=O)N1CCC1=CCCc2ccccc21. The van der Waals surface area contributed by atoms with Crippen molar-refractivity contribution in [1.29, 1.82) is 0 Å². The molecule has 19 heavy (non-hydrogen) atoms. The number of hydrogen-bond donors (Lipinski definition) is 0. The van der Waals surface area contributed by atoms with Crippen LogP contribution < -0.4 is 0 Å². The van der Waals surface area contributed by atoms with Gasteiger partial charge in [-0.25, -0.2) is 0 Å². The van der Waals surface area contributed by atoms with Gasteiger partial charge in [0.25, 0.3) is 0 Å². The molecule has 1 aliphatic carbocycles. The van der Waals surface area contributed by atoms with Crippen molar-refractivity contribution in [3.63, 3.8) is 0 Å². The van der Waals surface area contributed by atoms with Crippen LogP contribution in [0.5, 0.6) is 0 Å². The van der Waals surface area contributed by atoms with Gasteiger partial charge in [-0.15, -0.1) is 0 Å². The van der Waals surface area contributed by atoms with Crippen molar-refractivity contribution in [2.45, 2.75) is 32.1 Å². The summed E-state index contributed by atoms with van der Waals surface area (Å²) >= 11 is 0. The molecule has 0 bridgehead atoms. The van der Waals surface area contributed by atoms with E-state index in [1.165, 1.54) is 21.6 Å². The number of fused-ring (bicyclic) bond motifs is 1. The first-order chi connectivity index (χ1) is 9.25. The lowest BCUT2D eigenvalue weighted by Crippen LogP contribution is -2.30. The first-order valence-corrected chi connectivity index (χ1v) is 6.86. The molecule has 0 atom stereocenters. The Balaban J connectivity index is 1.72. The van der Waals surface area contributed by atoms with E-state index in [1.54, 1.807) is 0 Å². The van der Waals surface area contributed by atoms with Gasteiger partial charge >= 0.3 is 0 Å². The van der Waals surface area contributed by atoms with Gasteiger partial charge in [0, 0.05) is 19.4 Å². The number of carbonyl (C=O) groups excluding carboxylic acids is 2. The van der Waals surface area contributed by atoms with Crippen molar-refractivity contribution < 1.29 is 9.59 Å². The van der Waals surface area contributed by atoms with Gasteiger partial charge in [0.05, 0.1) is 0 Å². The van der Waals surface area contributed by atoms with Crippen LogP contribution in [0.3, 0.4) is 0 Å². The molecule has 1 fully saturated rings. The van der Waals surface area contributed by atoms with Gasteiger partial charge in [0.15, 0.2) is 0 Å². The Morgan fingerprint density at radius 1 is 1.00 bits per heavy atom. The zero-order valence-electron chi connectivity index (χ0n) is 10.9. The van der Waals surface area contributed by atoms with E-state index >= 15 is 0 Å². The van der Waals surface area contributed by atoms with Gasteiger partial charge < -0.3 is 0 Å². The van der Waals surface area contributed by atoms with Gasteiger partial charge in [0.2, 0.25) is 11.8 Å². The molecule has 0 aromatic heterocycles. The molecule has 1 aromatic carbocycles. The smallest absolute Gasteiger partial charge is 0.229 e. The number of imide groups is 1. The number of aryl methyl sites for hydroxylation is 1. The predicted molar refractivity (Wildman–Crippen MR) is 73.3 cm³/mol. The van der Waals surface area contributed by atoms with E-state index in [4.69, 9.17) is 0 Å². The third-order valence-corrected chi connectivity index (χ3v) is 3.93. The fraction of sp³-hybridized carbons (Fsp3) is 0.375. The second-order valence-electron chi connectivity index (χ2n) is 5.11. The van der Waals surface area contributed by atoms with Crippen LogP contribution in [0.2, 0.25) is 0 Å². The Kier molecular flexibility index (Phi) is 3.20. The zero-order chi connectivity index (χ0) is 13.2. The standard InChI is InChI=1S/C16H17NO2/c18-15-8-9-16(19)17(15)11-10-13-6-3-5-12-4-1-2-7-14(12)13/h1-2,4,6-7H,3,5,8-11H2. The number of amides is 2. The molecule has 0 radical (unpaired) electrons. The van der Waals surface area contributed by atoms with Crippen molar-refractivity contribution in [3.05, 3.63) is 41.5 Å². The fourth-order valence-electron chi connectivity index (χ4n) is 2.90. The molecule has 2 amide bonds. The topological polar surface area (TPSA) is 37.4 Å². The van der Waals surface area contributed by atoms with Crippen LogP contribution in [0.4, 0.5) is 0 Å². The molecule has 1 saturated heterocycles. The van der Waals surface area contributed by atoms with Crippen molar-refractivity contribution in [3.8, 4) is 0 Å². The Bertz CT molecular complexity index is 544. The van der Waals surface area contributed by atoms with E-state index in [2.05, 4.69) is 24.3 Å². The normalized spacial score (nSPS) is 18.5. The molecule has 0 N–H and O–H groups in total. The molecular weight excluding hydrogens is 238 g/mol. The van der Waals surface area contributed by atoms with Crippen LogP contribution in [-0.2, 0) is 16.0 Å². The minimum Gasteiger partial charge on any atom is -0.282 e. The van der Waals surface area contributed by atoms with Crippen LogP contribution in [0.15, 0.2) is 30.3 Å². The number of nitrogens with zero attached hydrogens (tertiary/aromatic N) is 1. The maximum absolute atomic E-state index is 11.6. The largest absolute Gasteiger partial charge is 0.282 e.